The lowest BCUT2D eigenvalue weighted by Crippen LogP contribution is -2.15. The normalized spacial score (nSPS) is 15.4. The van der Waals surface area contributed by atoms with Gasteiger partial charge in [0.1, 0.15) is 13.2 Å². The van der Waals surface area contributed by atoms with Crippen LogP contribution in [0.4, 0.5) is 0 Å². The van der Waals surface area contributed by atoms with E-state index in [9.17, 15) is 0 Å². The van der Waals surface area contributed by atoms with Gasteiger partial charge in [-0.25, -0.2) is 0 Å². The van der Waals surface area contributed by atoms with Crippen LogP contribution in [0.3, 0.4) is 0 Å². The zero-order chi connectivity index (χ0) is 12.8. The Labute approximate surface area is 119 Å². The Morgan fingerprint density at radius 2 is 2.00 bits per heavy atom. The Hall–Kier alpha value is -0.480. The van der Waals surface area contributed by atoms with Crippen molar-refractivity contribution < 1.29 is 9.47 Å². The molecule has 0 bridgehead atoms. The van der Waals surface area contributed by atoms with Gasteiger partial charge < -0.3 is 9.47 Å². The molecule has 0 amide bonds. The molecule has 1 aliphatic heterocycles. The highest BCUT2D eigenvalue weighted by Crippen LogP contribution is 2.34. The minimum absolute atomic E-state index is 0.653. The predicted octanol–water partition coefficient (Wildman–Crippen LogP) is 3.90. The van der Waals surface area contributed by atoms with E-state index in [1.54, 1.807) is 0 Å². The van der Waals surface area contributed by atoms with E-state index in [1.807, 2.05) is 17.8 Å². The van der Waals surface area contributed by atoms with E-state index in [4.69, 9.17) is 9.47 Å². The molecule has 1 atom stereocenters. The molecule has 0 radical (unpaired) electrons. The first kappa shape index (κ1) is 13.9. The number of ether oxygens (including phenoxy) is 2. The summed E-state index contributed by atoms with van der Waals surface area (Å²) in [6.07, 6.45) is 2.43. The molecule has 100 valence electrons. The quantitative estimate of drug-likeness (QED) is 0.631. The summed E-state index contributed by atoms with van der Waals surface area (Å²) in [4.78, 5) is 1.26. The minimum Gasteiger partial charge on any atom is -0.486 e. The maximum absolute atomic E-state index is 5.58. The fourth-order valence-electron chi connectivity index (χ4n) is 1.86. The summed E-state index contributed by atoms with van der Waals surface area (Å²) in [5, 5.41) is 0. The van der Waals surface area contributed by atoms with Crippen LogP contribution in [0.15, 0.2) is 23.1 Å². The minimum atomic E-state index is 0.653. The molecule has 1 aliphatic rings. The van der Waals surface area contributed by atoms with Crippen LogP contribution in [-0.2, 0) is 0 Å². The van der Waals surface area contributed by atoms with Crippen LogP contribution in [0, 0.1) is 5.92 Å². The molecule has 0 spiro atoms. The second-order valence-electron chi connectivity index (χ2n) is 4.56. The summed E-state index contributed by atoms with van der Waals surface area (Å²) in [6.45, 7) is 3.60. The standard InChI is InChI=1S/C14H20O2S2/c1-11(4-8-17)5-9-18-12-2-3-13-14(10-12)16-7-6-15-13/h2-3,10-11,17H,4-9H2,1H3. The molecule has 0 aliphatic carbocycles. The van der Waals surface area contributed by atoms with Crippen molar-refractivity contribution in [1.82, 2.24) is 0 Å². The van der Waals surface area contributed by atoms with Crippen LogP contribution >= 0.6 is 24.4 Å². The molecule has 1 heterocycles. The maximum Gasteiger partial charge on any atom is 0.162 e. The van der Waals surface area contributed by atoms with Gasteiger partial charge >= 0.3 is 0 Å². The van der Waals surface area contributed by atoms with Crippen molar-refractivity contribution in [3.05, 3.63) is 18.2 Å². The van der Waals surface area contributed by atoms with Crippen molar-refractivity contribution in [2.45, 2.75) is 24.7 Å². The molecule has 1 aromatic carbocycles. The van der Waals surface area contributed by atoms with Crippen molar-refractivity contribution in [2.24, 2.45) is 5.92 Å². The van der Waals surface area contributed by atoms with Gasteiger partial charge in [-0.3, -0.25) is 0 Å². The molecule has 18 heavy (non-hydrogen) atoms. The van der Waals surface area contributed by atoms with E-state index < -0.39 is 0 Å². The molecule has 0 N–H and O–H groups in total. The zero-order valence-electron chi connectivity index (χ0n) is 10.7. The van der Waals surface area contributed by atoms with Gasteiger partial charge in [0, 0.05) is 4.90 Å². The topological polar surface area (TPSA) is 18.5 Å². The zero-order valence-corrected chi connectivity index (χ0v) is 12.4. The van der Waals surface area contributed by atoms with Gasteiger partial charge in [-0.05, 0) is 48.5 Å². The molecule has 4 heteroatoms. The van der Waals surface area contributed by atoms with Crippen LogP contribution in [0.1, 0.15) is 19.8 Å². The Bertz CT molecular complexity index is 382. The van der Waals surface area contributed by atoms with Gasteiger partial charge in [0.15, 0.2) is 11.5 Å². The first-order valence-corrected chi connectivity index (χ1v) is 8.04. The van der Waals surface area contributed by atoms with Crippen LogP contribution < -0.4 is 9.47 Å². The molecule has 2 nitrogen and oxygen atoms in total. The molecule has 0 saturated carbocycles. The first-order valence-electron chi connectivity index (χ1n) is 6.43. The van der Waals surface area contributed by atoms with E-state index in [0.717, 1.165) is 28.9 Å². The third kappa shape index (κ3) is 4.02. The van der Waals surface area contributed by atoms with Crippen molar-refractivity contribution in [3.8, 4) is 11.5 Å². The fourth-order valence-corrected chi connectivity index (χ4v) is 3.41. The third-order valence-electron chi connectivity index (χ3n) is 3.01. The van der Waals surface area contributed by atoms with E-state index in [2.05, 4.69) is 31.7 Å². The number of rotatable bonds is 6. The van der Waals surface area contributed by atoms with Gasteiger partial charge in [0.05, 0.1) is 0 Å². The van der Waals surface area contributed by atoms with Crippen LogP contribution in [-0.4, -0.2) is 24.7 Å². The fraction of sp³-hybridized carbons (Fsp3) is 0.571. The Morgan fingerprint density at radius 1 is 1.22 bits per heavy atom. The lowest BCUT2D eigenvalue weighted by Gasteiger charge is -2.18. The third-order valence-corrected chi connectivity index (χ3v) is 4.30. The average molecular weight is 284 g/mol. The largest absolute Gasteiger partial charge is 0.486 e. The Morgan fingerprint density at radius 3 is 2.78 bits per heavy atom. The number of fused-ring (bicyclic) bond motifs is 1. The second-order valence-corrected chi connectivity index (χ2v) is 6.18. The molecule has 0 aromatic heterocycles. The lowest BCUT2D eigenvalue weighted by atomic mass is 10.1. The summed E-state index contributed by atoms with van der Waals surface area (Å²) >= 11 is 6.16. The Kier molecular flexibility index (Phi) is 5.57. The second kappa shape index (κ2) is 7.19. The molecular weight excluding hydrogens is 264 g/mol. The monoisotopic (exact) mass is 284 g/mol. The van der Waals surface area contributed by atoms with E-state index in [-0.39, 0.29) is 0 Å². The molecule has 1 unspecified atom stereocenters. The van der Waals surface area contributed by atoms with Crippen molar-refractivity contribution >= 4 is 24.4 Å². The molecule has 2 rings (SSSR count). The highest BCUT2D eigenvalue weighted by Gasteiger charge is 2.11. The van der Waals surface area contributed by atoms with E-state index >= 15 is 0 Å². The van der Waals surface area contributed by atoms with Gasteiger partial charge in [-0.15, -0.1) is 11.8 Å². The van der Waals surface area contributed by atoms with Gasteiger partial charge in [0.25, 0.3) is 0 Å². The molecule has 1 aromatic rings. The SMILES string of the molecule is CC(CCS)CCSc1ccc2c(c1)OCCO2. The van der Waals surface area contributed by atoms with Crippen LogP contribution in [0.2, 0.25) is 0 Å². The summed E-state index contributed by atoms with van der Waals surface area (Å²) in [7, 11) is 0. The summed E-state index contributed by atoms with van der Waals surface area (Å²) in [6, 6.07) is 6.21. The lowest BCUT2D eigenvalue weighted by molar-refractivity contribution is 0.171. The number of thioether (sulfide) groups is 1. The van der Waals surface area contributed by atoms with Crippen molar-refractivity contribution in [2.75, 3.05) is 24.7 Å². The van der Waals surface area contributed by atoms with E-state index in [0.29, 0.717) is 13.2 Å². The molecular formula is C14H20O2S2. The summed E-state index contributed by atoms with van der Waals surface area (Å²) in [5.74, 6) is 4.64. The predicted molar refractivity (Wildman–Crippen MR) is 80.4 cm³/mol. The first-order chi connectivity index (χ1) is 8.79. The van der Waals surface area contributed by atoms with Crippen LogP contribution in [0.5, 0.6) is 11.5 Å². The number of thiol groups is 1. The molecule has 0 fully saturated rings. The summed E-state index contributed by atoms with van der Waals surface area (Å²) in [5.41, 5.74) is 0. The number of hydrogen-bond acceptors (Lipinski definition) is 4. The highest BCUT2D eigenvalue weighted by atomic mass is 32.2. The van der Waals surface area contributed by atoms with Crippen LogP contribution in [0.25, 0.3) is 0 Å². The highest BCUT2D eigenvalue weighted by molar-refractivity contribution is 7.99. The smallest absolute Gasteiger partial charge is 0.162 e. The maximum atomic E-state index is 5.58. The molecule has 0 saturated heterocycles. The Balaban J connectivity index is 1.82. The van der Waals surface area contributed by atoms with Gasteiger partial charge in [-0.1, -0.05) is 6.92 Å². The van der Waals surface area contributed by atoms with Gasteiger partial charge in [-0.2, -0.15) is 12.6 Å². The average Bonchev–Trinajstić information content (AvgIpc) is 2.39. The van der Waals surface area contributed by atoms with Crippen molar-refractivity contribution in [1.29, 1.82) is 0 Å². The van der Waals surface area contributed by atoms with Crippen molar-refractivity contribution in [3.63, 3.8) is 0 Å². The van der Waals surface area contributed by atoms with Gasteiger partial charge in [0.2, 0.25) is 0 Å². The number of benzene rings is 1. The van der Waals surface area contributed by atoms with E-state index in [1.165, 1.54) is 17.7 Å². The summed E-state index contributed by atoms with van der Waals surface area (Å²) < 4.78 is 11.1. The number of hydrogen-bond donors (Lipinski definition) is 1.